The van der Waals surface area contributed by atoms with Gasteiger partial charge < -0.3 is 14.6 Å². The predicted molar refractivity (Wildman–Crippen MR) is 98.5 cm³/mol. The molecular weight excluding hydrogens is 368 g/mol. The van der Waals surface area contributed by atoms with Gasteiger partial charge in [0.25, 0.3) is 0 Å². The zero-order valence-corrected chi connectivity index (χ0v) is 14.9. The molecule has 0 spiro atoms. The Kier molecular flexibility index (Phi) is 3.95. The molecule has 4 aromatic rings. The lowest BCUT2D eigenvalue weighted by Crippen LogP contribution is -2.39. The van der Waals surface area contributed by atoms with Gasteiger partial charge in [0, 0.05) is 18.9 Å². The normalized spacial score (nSPS) is 17.5. The number of anilines is 1. The van der Waals surface area contributed by atoms with Crippen LogP contribution in [0, 0.1) is 0 Å². The largest absolute Gasteiger partial charge is 0.368 e. The number of fused-ring (bicyclic) bond motifs is 1. The minimum atomic E-state index is -0.125. The maximum absolute atomic E-state index is 6.12. The minimum Gasteiger partial charge on any atom is -0.368 e. The van der Waals surface area contributed by atoms with E-state index in [1.165, 1.54) is 6.33 Å². The number of imidazole rings is 2. The second-order valence-corrected chi connectivity index (χ2v) is 6.56. The second-order valence-electron chi connectivity index (χ2n) is 6.13. The summed E-state index contributed by atoms with van der Waals surface area (Å²) in [6, 6.07) is 3.65. The Morgan fingerprint density at radius 3 is 3.04 bits per heavy atom. The average Bonchev–Trinajstić information content (AvgIpc) is 3.38. The van der Waals surface area contributed by atoms with E-state index < -0.39 is 0 Å². The Labute approximate surface area is 159 Å². The van der Waals surface area contributed by atoms with Crippen LogP contribution in [0.5, 0.6) is 0 Å². The van der Waals surface area contributed by atoms with Crippen LogP contribution < -0.4 is 4.90 Å². The Morgan fingerprint density at radius 2 is 2.15 bits per heavy atom. The quantitative estimate of drug-likeness (QED) is 0.579. The van der Waals surface area contributed by atoms with E-state index in [-0.39, 0.29) is 6.10 Å². The molecule has 1 fully saturated rings. The van der Waals surface area contributed by atoms with Gasteiger partial charge in [0.2, 0.25) is 5.95 Å². The van der Waals surface area contributed by atoms with Gasteiger partial charge in [-0.2, -0.15) is 4.98 Å². The summed E-state index contributed by atoms with van der Waals surface area (Å²) >= 11 is 6.12. The Morgan fingerprint density at radius 1 is 1.19 bits per heavy atom. The maximum atomic E-state index is 6.12. The summed E-state index contributed by atoms with van der Waals surface area (Å²) < 4.78 is 7.69. The van der Waals surface area contributed by atoms with Gasteiger partial charge in [0.05, 0.1) is 36.4 Å². The molecule has 5 heterocycles. The molecule has 0 saturated carbocycles. The number of morpholine rings is 1. The van der Waals surface area contributed by atoms with Crippen molar-refractivity contribution in [2.24, 2.45) is 0 Å². The van der Waals surface area contributed by atoms with Crippen molar-refractivity contribution in [1.82, 2.24) is 34.3 Å². The average molecular weight is 383 g/mol. The third-order valence-corrected chi connectivity index (χ3v) is 4.68. The number of aromatic amines is 1. The van der Waals surface area contributed by atoms with Gasteiger partial charge in [-0.15, -0.1) is 0 Å². The van der Waals surface area contributed by atoms with Crippen molar-refractivity contribution >= 4 is 23.2 Å². The zero-order chi connectivity index (χ0) is 18.2. The van der Waals surface area contributed by atoms with Gasteiger partial charge in [-0.1, -0.05) is 11.6 Å². The fraction of sp³-hybridized carbons (Fsp3) is 0.235. The van der Waals surface area contributed by atoms with Crippen LogP contribution >= 0.6 is 11.6 Å². The number of aromatic nitrogens is 7. The van der Waals surface area contributed by atoms with Crippen molar-refractivity contribution in [1.29, 1.82) is 0 Å². The van der Waals surface area contributed by atoms with Crippen molar-refractivity contribution in [3.63, 3.8) is 0 Å². The Hall–Kier alpha value is -3.04. The number of nitrogens with one attached hydrogen (secondary N) is 1. The number of pyridine rings is 1. The van der Waals surface area contributed by atoms with Crippen LogP contribution in [0.1, 0.15) is 11.8 Å². The molecular formula is C17H15ClN8O. The third kappa shape index (κ3) is 3.00. The van der Waals surface area contributed by atoms with E-state index in [0.29, 0.717) is 36.5 Å². The Balaban J connectivity index is 1.47. The molecule has 0 radical (unpaired) electrons. The maximum Gasteiger partial charge on any atom is 0.229 e. The van der Waals surface area contributed by atoms with Crippen LogP contribution in [0.25, 0.3) is 17.2 Å². The van der Waals surface area contributed by atoms with E-state index in [1.54, 1.807) is 24.8 Å². The highest BCUT2D eigenvalue weighted by atomic mass is 35.5. The first-order valence-electron chi connectivity index (χ1n) is 8.45. The number of hydrogen-bond donors (Lipinski definition) is 1. The number of nitrogens with zero attached hydrogens (tertiary/aromatic N) is 7. The van der Waals surface area contributed by atoms with Gasteiger partial charge in [-0.25, -0.2) is 19.9 Å². The number of halogens is 1. The summed E-state index contributed by atoms with van der Waals surface area (Å²) in [6.07, 6.45) is 8.41. The molecule has 4 aromatic heterocycles. The van der Waals surface area contributed by atoms with Crippen LogP contribution in [-0.2, 0) is 4.74 Å². The molecule has 0 aromatic carbocycles. The highest BCUT2D eigenvalue weighted by Crippen LogP contribution is 2.24. The van der Waals surface area contributed by atoms with E-state index in [1.807, 2.05) is 16.7 Å². The van der Waals surface area contributed by atoms with Gasteiger partial charge in [-0.3, -0.25) is 4.40 Å². The minimum absolute atomic E-state index is 0.125. The van der Waals surface area contributed by atoms with E-state index in [9.17, 15) is 0 Å². The Bertz CT molecular complexity index is 1080. The molecule has 0 aliphatic carbocycles. The number of H-pyrrole nitrogens is 1. The van der Waals surface area contributed by atoms with Crippen molar-refractivity contribution in [2.45, 2.75) is 6.10 Å². The molecule has 9 nitrogen and oxygen atoms in total. The standard InChI is InChI=1S/C17H15ClN8O/c18-11-1-2-15-20-6-13(26(15)7-11)16-22-10-23-17(24-16)25-3-4-27-14(8-25)12-5-19-9-21-12/h1-2,5-7,9-10,14H,3-4,8H2,(H,19,21). The summed E-state index contributed by atoms with van der Waals surface area (Å²) in [7, 11) is 0. The zero-order valence-electron chi connectivity index (χ0n) is 14.2. The van der Waals surface area contributed by atoms with Crippen molar-refractivity contribution in [3.05, 3.63) is 54.1 Å². The highest BCUT2D eigenvalue weighted by molar-refractivity contribution is 6.30. The number of ether oxygens (including phenoxy) is 1. The third-order valence-electron chi connectivity index (χ3n) is 4.46. The SMILES string of the molecule is Clc1ccc2ncc(-c3ncnc(N4CCOC(c5c[nH]cn5)C4)n3)n2c1. The molecule has 5 rings (SSSR count). The van der Waals surface area contributed by atoms with Crippen molar-refractivity contribution in [2.75, 3.05) is 24.6 Å². The summed E-state index contributed by atoms with van der Waals surface area (Å²) in [4.78, 5) is 27.0. The molecule has 1 atom stereocenters. The first kappa shape index (κ1) is 16.2. The molecule has 136 valence electrons. The van der Waals surface area contributed by atoms with Crippen LogP contribution in [0.4, 0.5) is 5.95 Å². The summed E-state index contributed by atoms with van der Waals surface area (Å²) in [5.41, 5.74) is 2.40. The van der Waals surface area contributed by atoms with Crippen LogP contribution in [0.15, 0.2) is 43.4 Å². The lowest BCUT2D eigenvalue weighted by atomic mass is 10.2. The van der Waals surface area contributed by atoms with Gasteiger partial charge >= 0.3 is 0 Å². The van der Waals surface area contributed by atoms with Crippen molar-refractivity contribution < 1.29 is 4.74 Å². The van der Waals surface area contributed by atoms with Gasteiger partial charge in [0.1, 0.15) is 23.8 Å². The fourth-order valence-corrected chi connectivity index (χ4v) is 3.30. The number of hydrogen-bond acceptors (Lipinski definition) is 7. The molecule has 27 heavy (non-hydrogen) atoms. The smallest absolute Gasteiger partial charge is 0.229 e. The van der Waals surface area contributed by atoms with Gasteiger partial charge in [-0.05, 0) is 12.1 Å². The molecule has 1 N–H and O–H groups in total. The molecule has 1 aliphatic rings. The summed E-state index contributed by atoms with van der Waals surface area (Å²) in [5, 5.41) is 0.617. The predicted octanol–water partition coefficient (Wildman–Crippen LogP) is 2.14. The van der Waals surface area contributed by atoms with Crippen LogP contribution in [0.2, 0.25) is 5.02 Å². The highest BCUT2D eigenvalue weighted by Gasteiger charge is 2.25. The molecule has 1 aliphatic heterocycles. The molecule has 10 heteroatoms. The van der Waals surface area contributed by atoms with Crippen molar-refractivity contribution in [3.8, 4) is 11.5 Å². The molecule has 0 bridgehead atoms. The van der Waals surface area contributed by atoms with E-state index in [0.717, 1.165) is 17.0 Å². The van der Waals surface area contributed by atoms with Crippen LogP contribution in [0.3, 0.4) is 0 Å². The second kappa shape index (κ2) is 6.60. The summed E-state index contributed by atoms with van der Waals surface area (Å²) in [6.45, 7) is 1.89. The van der Waals surface area contributed by atoms with E-state index >= 15 is 0 Å². The first-order valence-corrected chi connectivity index (χ1v) is 8.83. The topological polar surface area (TPSA) is 97.1 Å². The van der Waals surface area contributed by atoms with Crippen LogP contribution in [-0.4, -0.2) is 54.0 Å². The molecule has 1 saturated heterocycles. The lowest BCUT2D eigenvalue weighted by molar-refractivity contribution is 0.0367. The van der Waals surface area contributed by atoms with E-state index in [4.69, 9.17) is 16.3 Å². The lowest BCUT2D eigenvalue weighted by Gasteiger charge is -2.32. The van der Waals surface area contributed by atoms with E-state index in [2.05, 4.69) is 34.8 Å². The summed E-state index contributed by atoms with van der Waals surface area (Å²) in [5.74, 6) is 1.14. The number of rotatable bonds is 3. The first-order chi connectivity index (χ1) is 13.3. The fourth-order valence-electron chi connectivity index (χ4n) is 3.14. The monoisotopic (exact) mass is 382 g/mol. The molecule has 1 unspecified atom stereocenters. The van der Waals surface area contributed by atoms with Gasteiger partial charge in [0.15, 0.2) is 5.82 Å². The molecule has 0 amide bonds.